The molecule has 1 aliphatic heterocycles. The van der Waals surface area contributed by atoms with Gasteiger partial charge in [0.25, 0.3) is 0 Å². The molecule has 2 rings (SSSR count). The molecule has 5 nitrogen and oxygen atoms in total. The highest BCUT2D eigenvalue weighted by molar-refractivity contribution is 5.93. The van der Waals surface area contributed by atoms with E-state index in [1.54, 1.807) is 6.92 Å². The van der Waals surface area contributed by atoms with Gasteiger partial charge >= 0.3 is 5.97 Å². The van der Waals surface area contributed by atoms with Gasteiger partial charge in [-0.25, -0.2) is 4.79 Å². The van der Waals surface area contributed by atoms with Crippen molar-refractivity contribution in [2.75, 3.05) is 7.11 Å². The third-order valence-electron chi connectivity index (χ3n) is 2.61. The van der Waals surface area contributed by atoms with Gasteiger partial charge in [-0.2, -0.15) is 0 Å². The average molecular weight is 235 g/mol. The minimum atomic E-state index is -0.942. The Bertz CT molecular complexity index is 455. The minimum Gasteiger partial charge on any atom is -0.467 e. The number of allylic oxidation sites excluding steroid dienone is 1. The smallest absolute Gasteiger partial charge is 0.334 e. The molecule has 0 amide bonds. The summed E-state index contributed by atoms with van der Waals surface area (Å²) in [4.78, 5) is 16.6. The number of carbonyl (C=O) groups is 1. The fourth-order valence-electron chi connectivity index (χ4n) is 1.84. The van der Waals surface area contributed by atoms with Gasteiger partial charge in [-0.1, -0.05) is 30.3 Å². The van der Waals surface area contributed by atoms with E-state index in [0.29, 0.717) is 16.6 Å². The van der Waals surface area contributed by atoms with E-state index < -0.39 is 12.0 Å². The molecule has 90 valence electrons. The summed E-state index contributed by atoms with van der Waals surface area (Å²) in [7, 11) is 1.27. The lowest BCUT2D eigenvalue weighted by atomic mass is 9.98. The SMILES string of the molecule is COC(=O)C1C(c2ccccc2)=C(C)ON1O. The molecule has 17 heavy (non-hydrogen) atoms. The number of nitrogens with zero attached hydrogens (tertiary/aromatic N) is 1. The van der Waals surface area contributed by atoms with Crippen LogP contribution in [-0.2, 0) is 14.4 Å². The van der Waals surface area contributed by atoms with E-state index in [1.807, 2.05) is 30.3 Å². The van der Waals surface area contributed by atoms with Gasteiger partial charge in [-0.15, -0.1) is 0 Å². The van der Waals surface area contributed by atoms with E-state index in [2.05, 4.69) is 4.74 Å². The van der Waals surface area contributed by atoms with Gasteiger partial charge in [-0.3, -0.25) is 5.21 Å². The van der Waals surface area contributed by atoms with Gasteiger partial charge in [0.05, 0.1) is 7.11 Å². The predicted octanol–water partition coefficient (Wildman–Crippen LogP) is 1.60. The maximum Gasteiger partial charge on any atom is 0.334 e. The van der Waals surface area contributed by atoms with Crippen molar-refractivity contribution in [3.8, 4) is 0 Å². The van der Waals surface area contributed by atoms with Crippen molar-refractivity contribution in [2.24, 2.45) is 0 Å². The predicted molar refractivity (Wildman–Crippen MR) is 59.6 cm³/mol. The van der Waals surface area contributed by atoms with Crippen molar-refractivity contribution in [1.29, 1.82) is 0 Å². The molecular formula is C12H13NO4. The maximum absolute atomic E-state index is 11.6. The molecule has 0 aromatic heterocycles. The van der Waals surface area contributed by atoms with Gasteiger partial charge in [0.15, 0.2) is 6.04 Å². The lowest BCUT2D eigenvalue weighted by Crippen LogP contribution is -2.35. The molecular weight excluding hydrogens is 222 g/mol. The fourth-order valence-corrected chi connectivity index (χ4v) is 1.84. The number of esters is 1. The summed E-state index contributed by atoms with van der Waals surface area (Å²) in [6.07, 6.45) is 0. The van der Waals surface area contributed by atoms with Crippen LogP contribution in [0.1, 0.15) is 12.5 Å². The highest BCUT2D eigenvalue weighted by Crippen LogP contribution is 2.33. The summed E-state index contributed by atoms with van der Waals surface area (Å²) in [6.45, 7) is 1.69. The van der Waals surface area contributed by atoms with Gasteiger partial charge in [0.2, 0.25) is 0 Å². The number of ether oxygens (including phenoxy) is 1. The molecule has 1 heterocycles. The van der Waals surface area contributed by atoms with Crippen LogP contribution in [0.15, 0.2) is 36.1 Å². The lowest BCUT2D eigenvalue weighted by Gasteiger charge is -2.15. The zero-order valence-electron chi connectivity index (χ0n) is 9.58. The van der Waals surface area contributed by atoms with Gasteiger partial charge in [0.1, 0.15) is 5.76 Å². The van der Waals surface area contributed by atoms with Crippen LogP contribution in [0.4, 0.5) is 0 Å². The van der Waals surface area contributed by atoms with Gasteiger partial charge in [0, 0.05) is 5.57 Å². The average Bonchev–Trinajstić information content (AvgIpc) is 2.64. The molecule has 5 heteroatoms. The molecule has 0 saturated heterocycles. The van der Waals surface area contributed by atoms with E-state index in [1.165, 1.54) is 7.11 Å². The second kappa shape index (κ2) is 4.57. The summed E-state index contributed by atoms with van der Waals surface area (Å²) in [6, 6.07) is 8.32. The Balaban J connectivity index is 2.43. The molecule has 1 aromatic rings. The number of hydrogen-bond acceptors (Lipinski definition) is 5. The maximum atomic E-state index is 11.6. The number of hydrogen-bond donors (Lipinski definition) is 1. The van der Waals surface area contributed by atoms with Crippen LogP contribution >= 0.6 is 0 Å². The van der Waals surface area contributed by atoms with Crippen molar-refractivity contribution in [1.82, 2.24) is 5.23 Å². The van der Waals surface area contributed by atoms with E-state index in [9.17, 15) is 10.0 Å². The van der Waals surface area contributed by atoms with Crippen LogP contribution in [0.25, 0.3) is 5.57 Å². The summed E-state index contributed by atoms with van der Waals surface area (Å²) >= 11 is 0. The highest BCUT2D eigenvalue weighted by atomic mass is 16.9. The summed E-state index contributed by atoms with van der Waals surface area (Å²) in [5.74, 6) is -0.0858. The molecule has 1 aliphatic rings. The Hall–Kier alpha value is -1.85. The zero-order valence-corrected chi connectivity index (χ0v) is 9.58. The second-order valence-electron chi connectivity index (χ2n) is 3.66. The number of methoxy groups -OCH3 is 1. The first-order valence-corrected chi connectivity index (χ1v) is 5.15. The topological polar surface area (TPSA) is 59.0 Å². The van der Waals surface area contributed by atoms with E-state index in [-0.39, 0.29) is 0 Å². The number of benzene rings is 1. The van der Waals surface area contributed by atoms with Gasteiger partial charge in [-0.05, 0) is 17.7 Å². The third kappa shape index (κ3) is 2.02. The summed E-state index contributed by atoms with van der Waals surface area (Å²) in [5, 5.41) is 10.1. The van der Waals surface area contributed by atoms with Crippen molar-refractivity contribution >= 4 is 11.5 Å². The highest BCUT2D eigenvalue weighted by Gasteiger charge is 2.40. The Morgan fingerprint density at radius 1 is 1.41 bits per heavy atom. The van der Waals surface area contributed by atoms with Crippen LogP contribution in [0, 0.1) is 0 Å². The van der Waals surface area contributed by atoms with Crippen molar-refractivity contribution in [3.05, 3.63) is 41.7 Å². The number of carbonyl (C=O) groups excluding carboxylic acids is 1. The monoisotopic (exact) mass is 235 g/mol. The van der Waals surface area contributed by atoms with E-state index >= 15 is 0 Å². The quantitative estimate of drug-likeness (QED) is 0.789. The van der Waals surface area contributed by atoms with Crippen molar-refractivity contribution in [2.45, 2.75) is 13.0 Å². The first-order valence-electron chi connectivity index (χ1n) is 5.15. The zero-order chi connectivity index (χ0) is 12.4. The molecule has 0 saturated carbocycles. The number of hydroxylamine groups is 2. The van der Waals surface area contributed by atoms with E-state index in [0.717, 1.165) is 5.56 Å². The van der Waals surface area contributed by atoms with Crippen LogP contribution < -0.4 is 0 Å². The lowest BCUT2D eigenvalue weighted by molar-refractivity contribution is -0.315. The fraction of sp³-hybridized carbons (Fsp3) is 0.250. The van der Waals surface area contributed by atoms with E-state index in [4.69, 9.17) is 4.84 Å². The molecule has 0 spiro atoms. The van der Waals surface area contributed by atoms with Crippen LogP contribution in [0.2, 0.25) is 0 Å². The molecule has 1 N–H and O–H groups in total. The van der Waals surface area contributed by atoms with Crippen LogP contribution in [-0.4, -0.2) is 29.6 Å². The van der Waals surface area contributed by atoms with Crippen molar-refractivity contribution in [3.63, 3.8) is 0 Å². The standard InChI is InChI=1S/C12H13NO4/c1-8-10(9-6-4-3-5-7-9)11(12(14)16-2)13(15)17-8/h3-7,11,15H,1-2H3. The third-order valence-corrected chi connectivity index (χ3v) is 2.61. The molecule has 0 aliphatic carbocycles. The minimum absolute atomic E-state index is 0.481. The Morgan fingerprint density at radius 2 is 2.06 bits per heavy atom. The Labute approximate surface area is 98.8 Å². The summed E-state index contributed by atoms with van der Waals surface area (Å²) < 4.78 is 4.65. The Morgan fingerprint density at radius 3 is 2.65 bits per heavy atom. The summed E-state index contributed by atoms with van der Waals surface area (Å²) in [5.41, 5.74) is 1.43. The molecule has 0 bridgehead atoms. The van der Waals surface area contributed by atoms with Crippen LogP contribution in [0.3, 0.4) is 0 Å². The molecule has 1 atom stereocenters. The molecule has 0 radical (unpaired) electrons. The van der Waals surface area contributed by atoms with Crippen LogP contribution in [0.5, 0.6) is 0 Å². The second-order valence-corrected chi connectivity index (χ2v) is 3.66. The molecule has 1 aromatic carbocycles. The Kier molecular flexibility index (Phi) is 3.12. The number of rotatable bonds is 2. The van der Waals surface area contributed by atoms with Gasteiger partial charge < -0.3 is 9.57 Å². The first-order chi connectivity index (χ1) is 8.15. The molecule has 0 fully saturated rings. The first kappa shape index (κ1) is 11.6. The normalized spacial score (nSPS) is 20.3. The molecule has 1 unspecified atom stereocenters. The largest absolute Gasteiger partial charge is 0.467 e. The van der Waals surface area contributed by atoms with Crippen molar-refractivity contribution < 1.29 is 19.6 Å².